The summed E-state index contributed by atoms with van der Waals surface area (Å²) in [5, 5.41) is 21.7. The van der Waals surface area contributed by atoms with E-state index in [1.54, 1.807) is 24.3 Å². The number of ketones is 1. The number of Topliss-reactive ketones (excluding diaryl/α,β-unsaturated/α-hetero) is 1. The monoisotopic (exact) mass is 508 g/mol. The van der Waals surface area contributed by atoms with Crippen LogP contribution in [0.25, 0.3) is 5.76 Å². The van der Waals surface area contributed by atoms with Gasteiger partial charge in [-0.05, 0) is 81.4 Å². The lowest BCUT2D eigenvalue weighted by molar-refractivity contribution is -0.140. The lowest BCUT2D eigenvalue weighted by atomic mass is 9.94. The zero-order chi connectivity index (χ0) is 26.7. The summed E-state index contributed by atoms with van der Waals surface area (Å²) in [4.78, 5) is 30.4. The van der Waals surface area contributed by atoms with Gasteiger partial charge in [-0.3, -0.25) is 9.59 Å². The third kappa shape index (κ3) is 5.30. The number of rotatable bonds is 10. The van der Waals surface area contributed by atoms with Gasteiger partial charge < -0.3 is 29.5 Å². The second-order valence-electron chi connectivity index (χ2n) is 9.49. The maximum absolute atomic E-state index is 13.4. The zero-order valence-electron chi connectivity index (χ0n) is 22.0. The maximum atomic E-state index is 13.4. The third-order valence-corrected chi connectivity index (χ3v) is 7.08. The largest absolute Gasteiger partial charge is 0.507 e. The minimum atomic E-state index is -0.806. The number of aromatic hydroxyl groups is 1. The minimum absolute atomic E-state index is 0.0307. The van der Waals surface area contributed by atoms with Crippen LogP contribution < -0.4 is 9.47 Å². The van der Waals surface area contributed by atoms with Crippen molar-refractivity contribution in [3.63, 3.8) is 0 Å². The number of aliphatic hydroxyl groups is 1. The molecule has 4 rings (SSSR count). The predicted octanol–water partition coefficient (Wildman–Crippen LogP) is 4.27. The predicted molar refractivity (Wildman–Crippen MR) is 141 cm³/mol. The number of carbonyl (C=O) groups excluding carboxylic acids is 2. The van der Waals surface area contributed by atoms with E-state index in [0.717, 1.165) is 30.9 Å². The van der Waals surface area contributed by atoms with Gasteiger partial charge in [-0.1, -0.05) is 19.9 Å². The fraction of sp³-hybridized carbons (Fsp3) is 0.448. The van der Waals surface area contributed by atoms with Crippen molar-refractivity contribution in [1.29, 1.82) is 0 Å². The number of aliphatic hydroxyl groups excluding tert-OH is 1. The maximum Gasteiger partial charge on any atom is 0.295 e. The molecule has 2 heterocycles. The second-order valence-corrected chi connectivity index (χ2v) is 9.49. The highest BCUT2D eigenvalue weighted by atomic mass is 16.5. The quantitative estimate of drug-likeness (QED) is 0.281. The molecule has 2 N–H and O–H groups in total. The smallest absolute Gasteiger partial charge is 0.295 e. The van der Waals surface area contributed by atoms with Crippen molar-refractivity contribution in [3.05, 3.63) is 58.7 Å². The molecule has 0 bridgehead atoms. The molecule has 0 aromatic heterocycles. The van der Waals surface area contributed by atoms with E-state index in [4.69, 9.17) is 9.47 Å². The van der Waals surface area contributed by atoms with Gasteiger partial charge in [0.05, 0.1) is 18.2 Å². The summed E-state index contributed by atoms with van der Waals surface area (Å²) in [7, 11) is 0. The van der Waals surface area contributed by atoms with Crippen molar-refractivity contribution in [2.24, 2.45) is 0 Å². The van der Waals surface area contributed by atoms with Gasteiger partial charge in [0.1, 0.15) is 17.6 Å². The van der Waals surface area contributed by atoms with Crippen molar-refractivity contribution in [3.8, 4) is 17.2 Å². The summed E-state index contributed by atoms with van der Waals surface area (Å²) in [6.07, 6.45) is 1.42. The highest BCUT2D eigenvalue weighted by molar-refractivity contribution is 6.46. The number of ether oxygens (including phenoxy) is 2. The molecule has 2 aliphatic heterocycles. The molecule has 198 valence electrons. The highest BCUT2D eigenvalue weighted by Gasteiger charge is 2.46. The standard InChI is InChI=1S/C29H36N2O6/c1-5-30(6-2)13-8-14-31-26(19-9-11-22(32)24(17-19)36-7-3)25(28(34)29(31)35)27(33)20-10-12-23-21(16-20)15-18(4)37-23/h9-12,16-18,26,32-33H,5-8,13-15H2,1-4H3/b27-25+/t18-,26-/m0/s1. The summed E-state index contributed by atoms with van der Waals surface area (Å²) >= 11 is 0. The summed E-state index contributed by atoms with van der Waals surface area (Å²) in [6, 6.07) is 9.30. The summed E-state index contributed by atoms with van der Waals surface area (Å²) < 4.78 is 11.3. The van der Waals surface area contributed by atoms with Crippen LogP contribution in [0.4, 0.5) is 0 Å². The molecule has 0 unspecified atom stereocenters. The van der Waals surface area contributed by atoms with Gasteiger partial charge in [0.15, 0.2) is 11.5 Å². The van der Waals surface area contributed by atoms with Crippen LogP contribution in [-0.4, -0.2) is 70.6 Å². The number of nitrogens with zero attached hydrogens (tertiary/aromatic N) is 2. The third-order valence-electron chi connectivity index (χ3n) is 7.08. The van der Waals surface area contributed by atoms with Crippen molar-refractivity contribution in [2.45, 2.75) is 52.7 Å². The van der Waals surface area contributed by atoms with Crippen LogP contribution in [0, 0.1) is 0 Å². The first-order chi connectivity index (χ1) is 17.8. The number of hydrogen-bond donors (Lipinski definition) is 2. The van der Waals surface area contributed by atoms with Gasteiger partial charge in [0.2, 0.25) is 0 Å². The van der Waals surface area contributed by atoms with Crippen LogP contribution in [0.15, 0.2) is 42.0 Å². The molecule has 1 amide bonds. The fourth-order valence-electron chi connectivity index (χ4n) is 5.16. The second kappa shape index (κ2) is 11.3. The first kappa shape index (κ1) is 26.5. The molecule has 2 atom stereocenters. The van der Waals surface area contributed by atoms with Crippen molar-refractivity contribution in [2.75, 3.05) is 32.8 Å². The topological polar surface area (TPSA) is 99.5 Å². The Hall–Kier alpha value is -3.52. The van der Waals surface area contributed by atoms with E-state index in [9.17, 15) is 19.8 Å². The average molecular weight is 509 g/mol. The van der Waals surface area contributed by atoms with Crippen LogP contribution in [0.5, 0.6) is 17.2 Å². The molecule has 2 aliphatic rings. The molecule has 2 aromatic carbocycles. The number of benzene rings is 2. The van der Waals surface area contributed by atoms with Crippen molar-refractivity contribution < 1.29 is 29.3 Å². The van der Waals surface area contributed by atoms with E-state index in [1.165, 1.54) is 11.0 Å². The van der Waals surface area contributed by atoms with Gasteiger partial charge >= 0.3 is 0 Å². The van der Waals surface area contributed by atoms with Gasteiger partial charge in [-0.15, -0.1) is 0 Å². The average Bonchev–Trinajstić information content (AvgIpc) is 3.38. The summed E-state index contributed by atoms with van der Waals surface area (Å²) in [6.45, 7) is 11.2. The molecule has 2 aromatic rings. The lowest BCUT2D eigenvalue weighted by Gasteiger charge is -2.27. The number of carbonyl (C=O) groups is 2. The molecule has 8 nitrogen and oxygen atoms in total. The Morgan fingerprint density at radius 2 is 1.89 bits per heavy atom. The minimum Gasteiger partial charge on any atom is -0.507 e. The summed E-state index contributed by atoms with van der Waals surface area (Å²) in [5.74, 6) is -0.591. The molecular formula is C29H36N2O6. The van der Waals surface area contributed by atoms with Crippen molar-refractivity contribution >= 4 is 17.4 Å². The fourth-order valence-corrected chi connectivity index (χ4v) is 5.16. The number of phenols is 1. The van der Waals surface area contributed by atoms with Gasteiger partial charge in [0.25, 0.3) is 11.7 Å². The van der Waals surface area contributed by atoms with Crippen LogP contribution in [0.1, 0.15) is 56.8 Å². The molecule has 1 saturated heterocycles. The van der Waals surface area contributed by atoms with E-state index in [0.29, 0.717) is 37.1 Å². The van der Waals surface area contributed by atoms with Crippen LogP contribution in [0.3, 0.4) is 0 Å². The van der Waals surface area contributed by atoms with Crippen LogP contribution >= 0.6 is 0 Å². The van der Waals surface area contributed by atoms with Gasteiger partial charge in [-0.2, -0.15) is 0 Å². The lowest BCUT2D eigenvalue weighted by Crippen LogP contribution is -2.33. The SMILES string of the molecule is CCOc1cc([C@H]2/C(=C(\O)c3ccc4c(c3)C[C@H](C)O4)C(=O)C(=O)N2CCCN(CC)CC)ccc1O. The molecular weight excluding hydrogens is 472 g/mol. The van der Waals surface area contributed by atoms with E-state index in [1.807, 2.05) is 19.9 Å². The van der Waals surface area contributed by atoms with E-state index >= 15 is 0 Å². The zero-order valence-corrected chi connectivity index (χ0v) is 22.0. The first-order valence-corrected chi connectivity index (χ1v) is 13.0. The molecule has 0 spiro atoms. The van der Waals surface area contributed by atoms with Gasteiger partial charge in [-0.25, -0.2) is 0 Å². The molecule has 8 heteroatoms. The Kier molecular flexibility index (Phi) is 8.07. The Bertz CT molecular complexity index is 1200. The molecule has 1 fully saturated rings. The Morgan fingerprint density at radius 1 is 1.14 bits per heavy atom. The number of fused-ring (bicyclic) bond motifs is 1. The highest BCUT2D eigenvalue weighted by Crippen LogP contribution is 2.42. The summed E-state index contributed by atoms with van der Waals surface area (Å²) in [5.41, 5.74) is 2.03. The molecule has 0 radical (unpaired) electrons. The number of likely N-dealkylation sites (tertiary alicyclic amines) is 1. The van der Waals surface area contributed by atoms with Crippen LogP contribution in [0.2, 0.25) is 0 Å². The Labute approximate surface area is 218 Å². The number of phenolic OH excluding ortho intramolecular Hbond substituents is 1. The Balaban J connectivity index is 1.77. The Morgan fingerprint density at radius 3 is 2.59 bits per heavy atom. The molecule has 37 heavy (non-hydrogen) atoms. The van der Waals surface area contributed by atoms with E-state index < -0.39 is 17.7 Å². The van der Waals surface area contributed by atoms with Crippen LogP contribution in [-0.2, 0) is 16.0 Å². The van der Waals surface area contributed by atoms with E-state index in [2.05, 4.69) is 18.7 Å². The van der Waals surface area contributed by atoms with Crippen molar-refractivity contribution in [1.82, 2.24) is 9.80 Å². The number of amides is 1. The molecule has 0 aliphatic carbocycles. The number of hydrogen-bond acceptors (Lipinski definition) is 7. The van der Waals surface area contributed by atoms with Gasteiger partial charge in [0, 0.05) is 18.5 Å². The normalized spacial score (nSPS) is 20.4. The molecule has 0 saturated carbocycles. The first-order valence-electron chi connectivity index (χ1n) is 13.0. The van der Waals surface area contributed by atoms with E-state index in [-0.39, 0.29) is 28.9 Å².